The van der Waals surface area contributed by atoms with Gasteiger partial charge in [0.25, 0.3) is 10.0 Å². The number of likely N-dealkylation sites (N-methyl/N-ethyl adjacent to an activating group) is 1. The highest BCUT2D eigenvalue weighted by atomic mass is 35.5. The molecule has 0 spiro atoms. The van der Waals surface area contributed by atoms with Crippen LogP contribution < -0.4 is 14.4 Å². The quantitative estimate of drug-likeness (QED) is 0.207. The number of nitrogens with one attached hydrogen (secondary N) is 1. The summed E-state index contributed by atoms with van der Waals surface area (Å²) >= 11 is 13.8. The highest BCUT2D eigenvalue weighted by Crippen LogP contribution is 2.29. The van der Waals surface area contributed by atoms with Crippen LogP contribution in [0.15, 0.2) is 76.5 Å². The van der Waals surface area contributed by atoms with Crippen molar-refractivity contribution < 1.29 is 22.7 Å². The molecule has 2 amide bonds. The molecule has 0 aromatic heterocycles. The molecule has 226 valence electrons. The number of benzene rings is 3. The Hall–Kier alpha value is -2.92. The van der Waals surface area contributed by atoms with Gasteiger partial charge < -0.3 is 15.0 Å². The maximum atomic E-state index is 14.1. The van der Waals surface area contributed by atoms with Crippen LogP contribution in [0.1, 0.15) is 32.8 Å². The fourth-order valence-electron chi connectivity index (χ4n) is 4.33. The summed E-state index contributed by atoms with van der Waals surface area (Å²) in [4.78, 5) is 29.5. The Balaban J connectivity index is 2.07. The largest absolute Gasteiger partial charge is 0.494 e. The fraction of sp³-hybridized carbons (Fsp3) is 0.333. The van der Waals surface area contributed by atoms with Crippen LogP contribution >= 0.6 is 35.0 Å². The summed E-state index contributed by atoms with van der Waals surface area (Å²) < 4.78 is 34.6. The maximum Gasteiger partial charge on any atom is 0.264 e. The summed E-state index contributed by atoms with van der Waals surface area (Å²) in [5.74, 6) is -0.327. The second-order valence-electron chi connectivity index (χ2n) is 9.20. The number of hydrogen-bond acceptors (Lipinski definition) is 6. The number of rotatable bonds is 14. The zero-order valence-electron chi connectivity index (χ0n) is 24.0. The van der Waals surface area contributed by atoms with Crippen LogP contribution in [0.2, 0.25) is 10.0 Å². The minimum absolute atomic E-state index is 0.0188. The lowest BCUT2D eigenvalue weighted by Crippen LogP contribution is -2.52. The topological polar surface area (TPSA) is 96.0 Å². The maximum absolute atomic E-state index is 14.1. The van der Waals surface area contributed by atoms with Crippen molar-refractivity contribution in [2.24, 2.45) is 0 Å². The molecule has 1 N–H and O–H groups in total. The van der Waals surface area contributed by atoms with Crippen molar-refractivity contribution in [2.75, 3.05) is 30.3 Å². The van der Waals surface area contributed by atoms with E-state index in [1.54, 1.807) is 68.4 Å². The zero-order valence-corrected chi connectivity index (χ0v) is 27.1. The molecule has 3 aromatic carbocycles. The van der Waals surface area contributed by atoms with Gasteiger partial charge in [-0.3, -0.25) is 13.9 Å². The van der Waals surface area contributed by atoms with Crippen molar-refractivity contribution in [2.45, 2.75) is 49.6 Å². The molecule has 1 atom stereocenters. The molecule has 0 radical (unpaired) electrons. The average molecular weight is 653 g/mol. The number of carbonyl (C=O) groups is 2. The molecule has 0 bridgehead atoms. The lowest BCUT2D eigenvalue weighted by atomic mass is 10.1. The van der Waals surface area contributed by atoms with Crippen LogP contribution in [0, 0.1) is 0 Å². The Bertz CT molecular complexity index is 1470. The van der Waals surface area contributed by atoms with Crippen molar-refractivity contribution in [3.8, 4) is 5.75 Å². The van der Waals surface area contributed by atoms with Gasteiger partial charge in [-0.25, -0.2) is 8.42 Å². The third-order valence-corrected chi connectivity index (χ3v) is 9.71. The molecule has 0 heterocycles. The summed E-state index contributed by atoms with van der Waals surface area (Å²) in [7, 11) is -4.18. The minimum atomic E-state index is -4.18. The van der Waals surface area contributed by atoms with Gasteiger partial charge in [-0.2, -0.15) is 0 Å². The van der Waals surface area contributed by atoms with E-state index >= 15 is 0 Å². The predicted octanol–water partition coefficient (Wildman–Crippen LogP) is 6.25. The third-order valence-electron chi connectivity index (χ3n) is 6.44. The van der Waals surface area contributed by atoms with E-state index in [9.17, 15) is 18.0 Å². The molecular weight excluding hydrogens is 617 g/mol. The second kappa shape index (κ2) is 15.5. The van der Waals surface area contributed by atoms with E-state index in [0.29, 0.717) is 40.9 Å². The van der Waals surface area contributed by atoms with Gasteiger partial charge in [-0.05, 0) is 92.8 Å². The average Bonchev–Trinajstić information content (AvgIpc) is 2.98. The Morgan fingerprint density at radius 1 is 0.952 bits per heavy atom. The van der Waals surface area contributed by atoms with Gasteiger partial charge in [0.2, 0.25) is 11.8 Å². The first kappa shape index (κ1) is 33.6. The molecule has 42 heavy (non-hydrogen) atoms. The highest BCUT2D eigenvalue weighted by molar-refractivity contribution is 7.98. The van der Waals surface area contributed by atoms with E-state index < -0.39 is 28.5 Å². The first-order chi connectivity index (χ1) is 20.0. The second-order valence-corrected chi connectivity index (χ2v) is 12.8. The number of ether oxygens (including phenoxy) is 1. The van der Waals surface area contributed by atoms with Gasteiger partial charge in [-0.15, -0.1) is 11.8 Å². The SMILES string of the molecule is CCNC(=O)C(CC)N(Cc1ccc(Cl)c(Cl)c1)C(=O)CN(c1ccc(OCC)cc1)S(=O)(=O)c1ccc(SC)cc1. The Morgan fingerprint density at radius 3 is 2.17 bits per heavy atom. The van der Waals surface area contributed by atoms with Crippen LogP contribution in [0.5, 0.6) is 5.75 Å². The molecule has 0 saturated carbocycles. The first-order valence-electron chi connectivity index (χ1n) is 13.5. The van der Waals surface area contributed by atoms with Gasteiger partial charge in [0, 0.05) is 18.0 Å². The number of hydrogen-bond donors (Lipinski definition) is 1. The predicted molar refractivity (Wildman–Crippen MR) is 170 cm³/mol. The first-order valence-corrected chi connectivity index (χ1v) is 16.9. The van der Waals surface area contributed by atoms with Crippen molar-refractivity contribution >= 4 is 62.5 Å². The number of halogens is 2. The number of anilines is 1. The molecular formula is C30H35Cl2N3O5S2. The lowest BCUT2D eigenvalue weighted by molar-refractivity contribution is -0.140. The Kier molecular flexibility index (Phi) is 12.4. The number of thioether (sulfide) groups is 1. The van der Waals surface area contributed by atoms with Crippen LogP contribution in [-0.4, -0.2) is 57.1 Å². The van der Waals surface area contributed by atoms with E-state index in [1.807, 2.05) is 13.2 Å². The molecule has 0 aliphatic carbocycles. The smallest absolute Gasteiger partial charge is 0.264 e. The van der Waals surface area contributed by atoms with Crippen molar-refractivity contribution in [1.82, 2.24) is 10.2 Å². The summed E-state index contributed by atoms with van der Waals surface area (Å²) in [5.41, 5.74) is 0.921. The van der Waals surface area contributed by atoms with Crippen molar-refractivity contribution in [3.63, 3.8) is 0 Å². The van der Waals surface area contributed by atoms with Gasteiger partial charge >= 0.3 is 0 Å². The molecule has 1 unspecified atom stereocenters. The molecule has 0 aliphatic rings. The lowest BCUT2D eigenvalue weighted by Gasteiger charge is -2.33. The molecule has 0 fully saturated rings. The van der Waals surface area contributed by atoms with Crippen molar-refractivity contribution in [1.29, 1.82) is 0 Å². The standard InChI is InChI=1S/C30H35Cl2N3O5S2/c1-5-28(30(37)33-6-2)34(19-21-8-17-26(31)27(32)18-21)29(36)20-35(22-9-11-23(12-10-22)40-7-3)42(38,39)25-15-13-24(41-4)14-16-25/h8-18,28H,5-7,19-20H2,1-4H3,(H,33,37). The monoisotopic (exact) mass is 651 g/mol. The van der Waals surface area contributed by atoms with E-state index in [0.717, 1.165) is 9.20 Å². The minimum Gasteiger partial charge on any atom is -0.494 e. The van der Waals surface area contributed by atoms with E-state index in [1.165, 1.54) is 28.8 Å². The summed E-state index contributed by atoms with van der Waals surface area (Å²) in [6.45, 7) is 5.74. The van der Waals surface area contributed by atoms with Crippen LogP contribution in [0.25, 0.3) is 0 Å². The molecule has 0 saturated heterocycles. The van der Waals surface area contributed by atoms with Gasteiger partial charge in [0.15, 0.2) is 0 Å². The van der Waals surface area contributed by atoms with E-state index in [2.05, 4.69) is 5.32 Å². The molecule has 12 heteroatoms. The van der Waals surface area contributed by atoms with Gasteiger partial charge in [0.1, 0.15) is 18.3 Å². The third kappa shape index (κ3) is 8.34. The normalized spacial score (nSPS) is 12.0. The summed E-state index contributed by atoms with van der Waals surface area (Å²) in [6.07, 6.45) is 2.21. The van der Waals surface area contributed by atoms with Crippen LogP contribution in [0.3, 0.4) is 0 Å². The Morgan fingerprint density at radius 2 is 1.62 bits per heavy atom. The molecule has 8 nitrogen and oxygen atoms in total. The number of nitrogens with zero attached hydrogens (tertiary/aromatic N) is 2. The van der Waals surface area contributed by atoms with Crippen molar-refractivity contribution in [3.05, 3.63) is 82.3 Å². The summed E-state index contributed by atoms with van der Waals surface area (Å²) in [5, 5.41) is 3.44. The Labute approximate surface area is 262 Å². The summed E-state index contributed by atoms with van der Waals surface area (Å²) in [6, 6.07) is 17.1. The number of amides is 2. The molecule has 3 aromatic rings. The zero-order chi connectivity index (χ0) is 30.9. The van der Waals surface area contributed by atoms with E-state index in [4.69, 9.17) is 27.9 Å². The van der Waals surface area contributed by atoms with Crippen LogP contribution in [-0.2, 0) is 26.2 Å². The fourth-order valence-corrected chi connectivity index (χ4v) is 6.47. The van der Waals surface area contributed by atoms with Crippen LogP contribution in [0.4, 0.5) is 5.69 Å². The van der Waals surface area contributed by atoms with E-state index in [-0.39, 0.29) is 23.0 Å². The number of carbonyl (C=O) groups excluding carboxylic acids is 2. The molecule has 3 rings (SSSR count). The van der Waals surface area contributed by atoms with Gasteiger partial charge in [0.05, 0.1) is 27.2 Å². The van der Waals surface area contributed by atoms with Gasteiger partial charge in [-0.1, -0.05) is 36.2 Å². The molecule has 0 aliphatic heterocycles. The highest BCUT2D eigenvalue weighted by Gasteiger charge is 2.33. The number of sulfonamides is 1.